The maximum atomic E-state index is 13.0. The zero-order chi connectivity index (χ0) is 13.9. The molecule has 3 atom stereocenters. The number of hydrogen-bond acceptors (Lipinski definition) is 2. The van der Waals surface area contributed by atoms with E-state index in [0.29, 0.717) is 12.8 Å². The maximum absolute atomic E-state index is 13.0. The van der Waals surface area contributed by atoms with Crippen LogP contribution in [0.15, 0.2) is 24.4 Å². The van der Waals surface area contributed by atoms with E-state index in [9.17, 15) is 13.2 Å². The fourth-order valence-electron chi connectivity index (χ4n) is 2.76. The zero-order valence-corrected chi connectivity index (χ0v) is 11.0. The third-order valence-electron chi connectivity index (χ3n) is 3.78. The van der Waals surface area contributed by atoms with Crippen LogP contribution in [0.4, 0.5) is 13.2 Å². The van der Waals surface area contributed by atoms with Crippen LogP contribution in [0.25, 0.3) is 0 Å². The Balaban J connectivity index is 2.04. The summed E-state index contributed by atoms with van der Waals surface area (Å²) < 4.78 is 39.0. The quantitative estimate of drug-likeness (QED) is 0.904. The molecule has 1 N–H and O–H groups in total. The van der Waals surface area contributed by atoms with Crippen LogP contribution in [-0.4, -0.2) is 17.2 Å². The Labute approximate surface area is 111 Å². The highest BCUT2D eigenvalue weighted by Gasteiger charge is 2.45. The number of nitrogens with one attached hydrogen (secondary N) is 1. The lowest BCUT2D eigenvalue weighted by atomic mass is 9.83. The second-order valence-electron chi connectivity index (χ2n) is 5.18. The molecule has 1 saturated carbocycles. The van der Waals surface area contributed by atoms with Gasteiger partial charge in [-0.05, 0) is 31.9 Å². The molecule has 0 radical (unpaired) electrons. The third-order valence-corrected chi connectivity index (χ3v) is 3.78. The Morgan fingerprint density at radius 1 is 1.26 bits per heavy atom. The van der Waals surface area contributed by atoms with E-state index < -0.39 is 18.1 Å². The summed E-state index contributed by atoms with van der Waals surface area (Å²) in [6, 6.07) is 4.83. The smallest absolute Gasteiger partial charge is 0.305 e. The van der Waals surface area contributed by atoms with Crippen LogP contribution in [0.1, 0.15) is 44.3 Å². The van der Waals surface area contributed by atoms with Crippen LogP contribution >= 0.6 is 0 Å². The lowest BCUT2D eigenvalue weighted by molar-refractivity contribution is -0.189. The molecular weight excluding hydrogens is 253 g/mol. The molecule has 0 amide bonds. The van der Waals surface area contributed by atoms with Crippen molar-refractivity contribution < 1.29 is 13.2 Å². The van der Waals surface area contributed by atoms with Crippen molar-refractivity contribution in [1.29, 1.82) is 0 Å². The third kappa shape index (κ3) is 3.69. The minimum Gasteiger partial charge on any atom is -0.305 e. The lowest BCUT2D eigenvalue weighted by Crippen LogP contribution is -2.46. The average Bonchev–Trinajstić information content (AvgIpc) is 2.39. The van der Waals surface area contributed by atoms with Gasteiger partial charge < -0.3 is 5.32 Å². The van der Waals surface area contributed by atoms with Crippen molar-refractivity contribution in [3.8, 4) is 0 Å². The summed E-state index contributed by atoms with van der Waals surface area (Å²) in [4.78, 5) is 4.19. The molecule has 2 nitrogen and oxygen atoms in total. The van der Waals surface area contributed by atoms with Gasteiger partial charge in [0.2, 0.25) is 0 Å². The second-order valence-corrected chi connectivity index (χ2v) is 5.18. The molecule has 1 aliphatic carbocycles. The molecule has 5 heteroatoms. The molecule has 0 bridgehead atoms. The van der Waals surface area contributed by atoms with Crippen LogP contribution in [0, 0.1) is 5.92 Å². The van der Waals surface area contributed by atoms with Gasteiger partial charge in [0, 0.05) is 18.3 Å². The first-order valence-electron chi connectivity index (χ1n) is 6.72. The van der Waals surface area contributed by atoms with E-state index in [2.05, 4.69) is 10.3 Å². The number of pyridine rings is 1. The average molecular weight is 272 g/mol. The van der Waals surface area contributed by atoms with E-state index in [0.717, 1.165) is 12.1 Å². The zero-order valence-electron chi connectivity index (χ0n) is 11.0. The Kier molecular flexibility index (Phi) is 4.45. The normalized spacial score (nSPS) is 26.1. The van der Waals surface area contributed by atoms with Crippen molar-refractivity contribution in [2.24, 2.45) is 5.92 Å². The first-order chi connectivity index (χ1) is 8.98. The van der Waals surface area contributed by atoms with Gasteiger partial charge in [0.25, 0.3) is 0 Å². The summed E-state index contributed by atoms with van der Waals surface area (Å²) in [5.74, 6) is -1.23. The standard InChI is InChI=1S/C14H19F3N2/c1-10(12-7-4-5-9-18-12)19-13-8-3-2-6-11(13)14(15,16)17/h4-5,7,9-11,13,19H,2-3,6,8H2,1H3. The van der Waals surface area contributed by atoms with Crippen molar-refractivity contribution in [2.45, 2.75) is 50.9 Å². The molecule has 1 aromatic rings. The van der Waals surface area contributed by atoms with Gasteiger partial charge in [-0.3, -0.25) is 4.98 Å². The Morgan fingerprint density at radius 2 is 2.00 bits per heavy atom. The molecule has 2 rings (SSSR count). The highest BCUT2D eigenvalue weighted by atomic mass is 19.4. The molecule has 1 aromatic heterocycles. The Hall–Kier alpha value is -1.10. The van der Waals surface area contributed by atoms with Crippen molar-refractivity contribution in [3.05, 3.63) is 30.1 Å². The first kappa shape index (κ1) is 14.3. The van der Waals surface area contributed by atoms with Crippen molar-refractivity contribution in [2.75, 3.05) is 0 Å². The topological polar surface area (TPSA) is 24.9 Å². The molecule has 0 saturated heterocycles. The summed E-state index contributed by atoms with van der Waals surface area (Å²) in [6.07, 6.45) is -0.103. The summed E-state index contributed by atoms with van der Waals surface area (Å²) in [5.41, 5.74) is 0.786. The molecular formula is C14H19F3N2. The molecule has 1 fully saturated rings. The maximum Gasteiger partial charge on any atom is 0.393 e. The van der Waals surface area contributed by atoms with E-state index >= 15 is 0 Å². The van der Waals surface area contributed by atoms with Gasteiger partial charge in [-0.1, -0.05) is 18.9 Å². The monoisotopic (exact) mass is 272 g/mol. The SMILES string of the molecule is CC(NC1CCCCC1C(F)(F)F)c1ccccn1. The van der Waals surface area contributed by atoms with Gasteiger partial charge in [0.15, 0.2) is 0 Å². The molecule has 1 heterocycles. The van der Waals surface area contributed by atoms with Crippen molar-refractivity contribution in [3.63, 3.8) is 0 Å². The first-order valence-corrected chi connectivity index (χ1v) is 6.72. The number of aromatic nitrogens is 1. The van der Waals surface area contributed by atoms with Crippen molar-refractivity contribution >= 4 is 0 Å². The number of nitrogens with zero attached hydrogens (tertiary/aromatic N) is 1. The summed E-state index contributed by atoms with van der Waals surface area (Å²) >= 11 is 0. The minimum absolute atomic E-state index is 0.158. The predicted molar refractivity (Wildman–Crippen MR) is 67.6 cm³/mol. The largest absolute Gasteiger partial charge is 0.393 e. The van der Waals surface area contributed by atoms with E-state index in [1.54, 1.807) is 12.3 Å². The van der Waals surface area contributed by atoms with E-state index in [4.69, 9.17) is 0 Å². The van der Waals surface area contributed by atoms with Gasteiger partial charge in [0.05, 0.1) is 11.6 Å². The van der Waals surface area contributed by atoms with Crippen molar-refractivity contribution in [1.82, 2.24) is 10.3 Å². The Bertz CT molecular complexity index is 391. The number of rotatable bonds is 3. The molecule has 3 unspecified atom stereocenters. The fourth-order valence-corrected chi connectivity index (χ4v) is 2.76. The molecule has 0 aliphatic heterocycles. The Morgan fingerprint density at radius 3 is 2.63 bits per heavy atom. The molecule has 0 aromatic carbocycles. The number of alkyl halides is 3. The molecule has 0 spiro atoms. The molecule has 19 heavy (non-hydrogen) atoms. The summed E-state index contributed by atoms with van der Waals surface area (Å²) in [6.45, 7) is 1.87. The van der Waals surface area contributed by atoms with Gasteiger partial charge in [0.1, 0.15) is 0 Å². The summed E-state index contributed by atoms with van der Waals surface area (Å²) in [7, 11) is 0. The minimum atomic E-state index is -4.11. The molecule has 106 valence electrons. The lowest BCUT2D eigenvalue weighted by Gasteiger charge is -2.35. The van der Waals surface area contributed by atoms with Crippen LogP contribution in [0.5, 0.6) is 0 Å². The van der Waals surface area contributed by atoms with Gasteiger partial charge in [-0.2, -0.15) is 13.2 Å². The predicted octanol–water partition coefficient (Wildman–Crippen LogP) is 3.85. The van der Waals surface area contributed by atoms with Crippen LogP contribution in [0.2, 0.25) is 0 Å². The number of halogens is 3. The summed E-state index contributed by atoms with van der Waals surface area (Å²) in [5, 5.41) is 3.11. The second kappa shape index (κ2) is 5.90. The van der Waals surface area contributed by atoms with E-state index in [1.807, 2.05) is 19.1 Å². The van der Waals surface area contributed by atoms with E-state index in [-0.39, 0.29) is 12.5 Å². The molecule has 1 aliphatic rings. The number of hydrogen-bond donors (Lipinski definition) is 1. The fraction of sp³-hybridized carbons (Fsp3) is 0.643. The van der Waals surface area contributed by atoms with Crippen LogP contribution < -0.4 is 5.32 Å². The van der Waals surface area contributed by atoms with Crippen LogP contribution in [-0.2, 0) is 0 Å². The highest BCUT2D eigenvalue weighted by Crippen LogP contribution is 2.38. The van der Waals surface area contributed by atoms with E-state index in [1.165, 1.54) is 0 Å². The van der Waals surface area contributed by atoms with Crippen LogP contribution in [0.3, 0.4) is 0 Å². The highest BCUT2D eigenvalue weighted by molar-refractivity contribution is 5.08. The van der Waals surface area contributed by atoms with Gasteiger partial charge in [-0.25, -0.2) is 0 Å². The van der Waals surface area contributed by atoms with Gasteiger partial charge in [-0.15, -0.1) is 0 Å². The van der Waals surface area contributed by atoms with Gasteiger partial charge >= 0.3 is 6.18 Å².